The van der Waals surface area contributed by atoms with E-state index in [1.54, 1.807) is 23.1 Å². The molecule has 1 unspecified atom stereocenters. The molecular weight excluding hydrogens is 280 g/mol. The molecule has 110 valence electrons. The van der Waals surface area contributed by atoms with E-state index in [9.17, 15) is 4.79 Å². The summed E-state index contributed by atoms with van der Waals surface area (Å²) in [6.07, 6.45) is 0. The zero-order valence-electron chi connectivity index (χ0n) is 11.5. The smallest absolute Gasteiger partial charge is 0.260 e. The lowest BCUT2D eigenvalue weighted by atomic mass is 10.1. The lowest BCUT2D eigenvalue weighted by Gasteiger charge is -2.27. The van der Waals surface area contributed by atoms with E-state index in [4.69, 9.17) is 26.8 Å². The van der Waals surface area contributed by atoms with Gasteiger partial charge in [0.15, 0.2) is 6.61 Å². The van der Waals surface area contributed by atoms with E-state index >= 15 is 0 Å². The van der Waals surface area contributed by atoms with E-state index in [0.717, 1.165) is 5.56 Å². The van der Waals surface area contributed by atoms with Gasteiger partial charge in [-0.25, -0.2) is 0 Å². The fourth-order valence-corrected chi connectivity index (χ4v) is 2.23. The molecule has 1 atom stereocenters. The summed E-state index contributed by atoms with van der Waals surface area (Å²) in [5.41, 5.74) is 6.68. The number of carbonyl (C=O) groups excluding carboxylic acids is 1. The van der Waals surface area contributed by atoms with Crippen LogP contribution in [0.4, 0.5) is 0 Å². The van der Waals surface area contributed by atoms with Gasteiger partial charge in [0.1, 0.15) is 5.75 Å². The Kier molecular flexibility index (Phi) is 5.23. The Hall–Kier alpha value is -1.30. The Morgan fingerprint density at radius 1 is 1.50 bits per heavy atom. The Morgan fingerprint density at radius 2 is 2.20 bits per heavy atom. The summed E-state index contributed by atoms with van der Waals surface area (Å²) in [5, 5.41) is 0.601. The summed E-state index contributed by atoms with van der Waals surface area (Å²) in [5.74, 6) is 0.560. The largest absolute Gasteiger partial charge is 0.483 e. The van der Waals surface area contributed by atoms with E-state index < -0.39 is 0 Å². The van der Waals surface area contributed by atoms with Crippen LogP contribution in [-0.2, 0) is 9.53 Å². The van der Waals surface area contributed by atoms with Gasteiger partial charge in [-0.3, -0.25) is 4.79 Å². The number of nitrogens with zero attached hydrogens (tertiary/aromatic N) is 1. The highest BCUT2D eigenvalue weighted by Crippen LogP contribution is 2.27. The van der Waals surface area contributed by atoms with Crippen molar-refractivity contribution in [2.45, 2.75) is 13.0 Å². The van der Waals surface area contributed by atoms with Crippen molar-refractivity contribution in [2.24, 2.45) is 5.73 Å². The molecule has 2 N–H and O–H groups in total. The van der Waals surface area contributed by atoms with Gasteiger partial charge in [0.25, 0.3) is 5.91 Å². The first-order valence-corrected chi connectivity index (χ1v) is 6.99. The van der Waals surface area contributed by atoms with Crippen molar-refractivity contribution >= 4 is 17.5 Å². The first-order valence-electron chi connectivity index (χ1n) is 6.61. The van der Waals surface area contributed by atoms with Gasteiger partial charge in [0.05, 0.1) is 13.2 Å². The normalized spacial score (nSPS) is 16.9. The van der Waals surface area contributed by atoms with Crippen LogP contribution in [0.5, 0.6) is 5.75 Å². The van der Waals surface area contributed by atoms with Crippen molar-refractivity contribution in [3.63, 3.8) is 0 Å². The standard InChI is InChI=1S/C14H19ClN2O3/c1-10(16)12-8-11(15)2-3-13(12)20-9-14(18)17-4-6-19-7-5-17/h2-3,8,10H,4-7,9,16H2,1H3. The molecule has 0 bridgehead atoms. The highest BCUT2D eigenvalue weighted by molar-refractivity contribution is 6.30. The fraction of sp³-hybridized carbons (Fsp3) is 0.500. The van der Waals surface area contributed by atoms with Crippen molar-refractivity contribution in [2.75, 3.05) is 32.9 Å². The summed E-state index contributed by atoms with van der Waals surface area (Å²) < 4.78 is 10.8. The molecule has 2 rings (SSSR count). The van der Waals surface area contributed by atoms with Crippen molar-refractivity contribution < 1.29 is 14.3 Å². The molecule has 1 amide bonds. The van der Waals surface area contributed by atoms with Crippen LogP contribution in [0.3, 0.4) is 0 Å². The Labute approximate surface area is 123 Å². The summed E-state index contributed by atoms with van der Waals surface area (Å²) in [4.78, 5) is 13.7. The predicted molar refractivity (Wildman–Crippen MR) is 76.9 cm³/mol. The molecule has 0 aromatic heterocycles. The summed E-state index contributed by atoms with van der Waals surface area (Å²) in [6, 6.07) is 5.03. The monoisotopic (exact) mass is 298 g/mol. The molecule has 0 spiro atoms. The maximum absolute atomic E-state index is 12.0. The van der Waals surface area contributed by atoms with Gasteiger partial charge in [0, 0.05) is 29.7 Å². The van der Waals surface area contributed by atoms with Crippen LogP contribution < -0.4 is 10.5 Å². The average Bonchev–Trinajstić information content (AvgIpc) is 2.46. The molecule has 1 aromatic carbocycles. The van der Waals surface area contributed by atoms with Crippen molar-refractivity contribution in [3.05, 3.63) is 28.8 Å². The number of morpholine rings is 1. The Morgan fingerprint density at radius 3 is 2.85 bits per heavy atom. The van der Waals surface area contributed by atoms with Crippen molar-refractivity contribution in [1.82, 2.24) is 4.90 Å². The molecule has 6 heteroatoms. The first-order chi connectivity index (χ1) is 9.58. The van der Waals surface area contributed by atoms with Gasteiger partial charge in [-0.1, -0.05) is 11.6 Å². The minimum Gasteiger partial charge on any atom is -0.483 e. The highest BCUT2D eigenvalue weighted by Gasteiger charge is 2.18. The van der Waals surface area contributed by atoms with Crippen LogP contribution in [-0.4, -0.2) is 43.7 Å². The molecule has 0 radical (unpaired) electrons. The van der Waals surface area contributed by atoms with Crippen molar-refractivity contribution in [3.8, 4) is 5.75 Å². The predicted octanol–water partition coefficient (Wildman–Crippen LogP) is 1.60. The molecule has 1 aromatic rings. The maximum Gasteiger partial charge on any atom is 0.260 e. The topological polar surface area (TPSA) is 64.8 Å². The number of hydrogen-bond acceptors (Lipinski definition) is 4. The molecule has 1 aliphatic rings. The second-order valence-corrected chi connectivity index (χ2v) is 5.19. The molecule has 5 nitrogen and oxygen atoms in total. The molecule has 1 heterocycles. The minimum atomic E-state index is -0.206. The zero-order chi connectivity index (χ0) is 14.5. The number of benzene rings is 1. The van der Waals surface area contributed by atoms with Gasteiger partial charge in [0.2, 0.25) is 0 Å². The van der Waals surface area contributed by atoms with E-state index in [1.165, 1.54) is 0 Å². The quantitative estimate of drug-likeness (QED) is 0.917. The average molecular weight is 299 g/mol. The molecule has 20 heavy (non-hydrogen) atoms. The van der Waals surface area contributed by atoms with E-state index in [0.29, 0.717) is 37.1 Å². The number of carbonyl (C=O) groups is 1. The summed E-state index contributed by atoms with van der Waals surface area (Å²) in [7, 11) is 0. The Bertz CT molecular complexity index is 473. The number of rotatable bonds is 4. The van der Waals surface area contributed by atoms with Crippen LogP contribution in [0.1, 0.15) is 18.5 Å². The molecule has 0 aliphatic carbocycles. The highest BCUT2D eigenvalue weighted by atomic mass is 35.5. The van der Waals surface area contributed by atoms with E-state index in [2.05, 4.69) is 0 Å². The molecule has 1 fully saturated rings. The third-order valence-corrected chi connectivity index (χ3v) is 3.41. The molecule has 1 aliphatic heterocycles. The SMILES string of the molecule is CC(N)c1cc(Cl)ccc1OCC(=O)N1CCOCC1. The van der Waals surface area contributed by atoms with Gasteiger partial charge in [-0.15, -0.1) is 0 Å². The maximum atomic E-state index is 12.0. The van der Waals surface area contributed by atoms with Gasteiger partial charge in [-0.05, 0) is 25.1 Å². The fourth-order valence-electron chi connectivity index (χ4n) is 2.05. The number of amides is 1. The molecule has 0 saturated carbocycles. The van der Waals surface area contributed by atoms with Gasteiger partial charge < -0.3 is 20.1 Å². The van der Waals surface area contributed by atoms with Crippen LogP contribution >= 0.6 is 11.6 Å². The number of ether oxygens (including phenoxy) is 2. The Balaban J connectivity index is 1.98. The second-order valence-electron chi connectivity index (χ2n) is 4.75. The lowest BCUT2D eigenvalue weighted by molar-refractivity contribution is -0.137. The molecular formula is C14H19ClN2O3. The minimum absolute atomic E-state index is 0.00134. The van der Waals surface area contributed by atoms with Crippen LogP contribution in [0, 0.1) is 0 Å². The third kappa shape index (κ3) is 3.85. The number of halogens is 1. The van der Waals surface area contributed by atoms with Crippen LogP contribution in [0.2, 0.25) is 5.02 Å². The van der Waals surface area contributed by atoms with Gasteiger partial charge in [-0.2, -0.15) is 0 Å². The first kappa shape index (κ1) is 15.1. The summed E-state index contributed by atoms with van der Waals surface area (Å²) >= 11 is 5.95. The summed E-state index contributed by atoms with van der Waals surface area (Å²) in [6.45, 7) is 4.24. The van der Waals surface area contributed by atoms with E-state index in [1.807, 2.05) is 6.92 Å². The second kappa shape index (κ2) is 6.92. The van der Waals surface area contributed by atoms with E-state index in [-0.39, 0.29) is 18.6 Å². The van der Waals surface area contributed by atoms with Crippen LogP contribution in [0.15, 0.2) is 18.2 Å². The number of hydrogen-bond donors (Lipinski definition) is 1. The van der Waals surface area contributed by atoms with Crippen molar-refractivity contribution in [1.29, 1.82) is 0 Å². The lowest BCUT2D eigenvalue weighted by Crippen LogP contribution is -2.43. The third-order valence-electron chi connectivity index (χ3n) is 3.18. The van der Waals surface area contributed by atoms with Gasteiger partial charge >= 0.3 is 0 Å². The molecule has 1 saturated heterocycles. The van der Waals surface area contributed by atoms with Crippen LogP contribution in [0.25, 0.3) is 0 Å². The number of nitrogens with two attached hydrogens (primary N) is 1. The zero-order valence-corrected chi connectivity index (χ0v) is 12.2.